The third kappa shape index (κ3) is 3.16. The van der Waals surface area contributed by atoms with Gasteiger partial charge in [0.05, 0.1) is 5.56 Å². The Balaban J connectivity index is 1.61. The number of carbonyl (C=O) groups excluding carboxylic acids is 1. The summed E-state index contributed by atoms with van der Waals surface area (Å²) in [4.78, 5) is 12.4. The van der Waals surface area contributed by atoms with Gasteiger partial charge in [0.1, 0.15) is 23.2 Å². The molecule has 0 atom stereocenters. The smallest absolute Gasteiger partial charge is 0.255 e. The van der Waals surface area contributed by atoms with Crippen LogP contribution >= 0.6 is 0 Å². The number of aryl methyl sites for hydroxylation is 3. The van der Waals surface area contributed by atoms with Crippen molar-refractivity contribution in [2.75, 3.05) is 6.54 Å². The molecule has 0 fully saturated rings. The van der Waals surface area contributed by atoms with Gasteiger partial charge in [0.25, 0.3) is 5.91 Å². The Bertz CT molecular complexity index is 714. The molecule has 6 nitrogen and oxygen atoms in total. The van der Waals surface area contributed by atoms with Crippen molar-refractivity contribution in [1.29, 1.82) is 0 Å². The summed E-state index contributed by atoms with van der Waals surface area (Å²) in [6.07, 6.45) is 5.32. The van der Waals surface area contributed by atoms with Gasteiger partial charge in [0.2, 0.25) is 0 Å². The average Bonchev–Trinajstić information content (AvgIpc) is 2.90. The molecule has 0 saturated heterocycles. The summed E-state index contributed by atoms with van der Waals surface area (Å²) in [7, 11) is 0. The number of fused-ring (bicyclic) bond motifs is 1. The van der Waals surface area contributed by atoms with E-state index in [1.54, 1.807) is 0 Å². The molecule has 0 aromatic carbocycles. The highest BCUT2D eigenvalue weighted by atomic mass is 16.3. The molecule has 0 unspecified atom stereocenters. The van der Waals surface area contributed by atoms with E-state index in [0.29, 0.717) is 24.3 Å². The van der Waals surface area contributed by atoms with Crippen LogP contribution in [0.2, 0.25) is 0 Å². The number of aromatic nitrogens is 3. The van der Waals surface area contributed by atoms with Gasteiger partial charge in [-0.15, -0.1) is 10.2 Å². The quantitative estimate of drug-likeness (QED) is 0.940. The molecule has 2 aromatic heterocycles. The fraction of sp³-hybridized carbons (Fsp3) is 0.588. The van der Waals surface area contributed by atoms with Crippen molar-refractivity contribution >= 4 is 5.91 Å². The monoisotopic (exact) mass is 316 g/mol. The standard InChI is InChI=1S/C17H24N4O2/c1-11-12(2)23-13(3)16(11)17(22)18-9-8-15-20-19-14-7-5-4-6-10-21(14)15/h4-10H2,1-3H3,(H,18,22). The average molecular weight is 316 g/mol. The zero-order valence-electron chi connectivity index (χ0n) is 14.1. The van der Waals surface area contributed by atoms with Gasteiger partial charge in [-0.25, -0.2) is 0 Å². The van der Waals surface area contributed by atoms with Crippen LogP contribution in [0.15, 0.2) is 4.42 Å². The van der Waals surface area contributed by atoms with Crippen molar-refractivity contribution < 1.29 is 9.21 Å². The third-order valence-corrected chi connectivity index (χ3v) is 4.61. The largest absolute Gasteiger partial charge is 0.466 e. The number of furan rings is 1. The molecule has 23 heavy (non-hydrogen) atoms. The number of hydrogen-bond acceptors (Lipinski definition) is 4. The summed E-state index contributed by atoms with van der Waals surface area (Å²) in [6, 6.07) is 0. The number of nitrogens with zero attached hydrogens (tertiary/aromatic N) is 3. The zero-order chi connectivity index (χ0) is 16.4. The van der Waals surface area contributed by atoms with Crippen LogP contribution in [0.3, 0.4) is 0 Å². The van der Waals surface area contributed by atoms with E-state index >= 15 is 0 Å². The highest BCUT2D eigenvalue weighted by molar-refractivity contribution is 5.96. The summed E-state index contributed by atoms with van der Waals surface area (Å²) < 4.78 is 7.74. The molecule has 0 spiro atoms. The van der Waals surface area contributed by atoms with Gasteiger partial charge in [0.15, 0.2) is 0 Å². The van der Waals surface area contributed by atoms with Crippen LogP contribution in [-0.4, -0.2) is 27.2 Å². The van der Waals surface area contributed by atoms with Crippen molar-refractivity contribution in [2.45, 2.75) is 59.4 Å². The Labute approximate surface area is 136 Å². The summed E-state index contributed by atoms with van der Waals surface area (Å²) in [6.45, 7) is 7.17. The molecule has 1 aliphatic heterocycles. The molecule has 2 aromatic rings. The third-order valence-electron chi connectivity index (χ3n) is 4.61. The molecule has 0 aliphatic carbocycles. The minimum atomic E-state index is -0.0764. The zero-order valence-corrected chi connectivity index (χ0v) is 14.1. The number of amides is 1. The lowest BCUT2D eigenvalue weighted by Gasteiger charge is -2.08. The Morgan fingerprint density at radius 3 is 2.74 bits per heavy atom. The molecule has 0 radical (unpaired) electrons. The van der Waals surface area contributed by atoms with Crippen molar-refractivity contribution in [3.8, 4) is 0 Å². The molecule has 0 saturated carbocycles. The second-order valence-corrected chi connectivity index (χ2v) is 6.22. The van der Waals surface area contributed by atoms with Crippen molar-refractivity contribution in [3.05, 3.63) is 34.3 Å². The summed E-state index contributed by atoms with van der Waals surface area (Å²) >= 11 is 0. The van der Waals surface area contributed by atoms with Gasteiger partial charge >= 0.3 is 0 Å². The fourth-order valence-corrected chi connectivity index (χ4v) is 3.23. The molecule has 0 bridgehead atoms. The van der Waals surface area contributed by atoms with Crippen LogP contribution in [0.25, 0.3) is 0 Å². The van der Waals surface area contributed by atoms with Gasteiger partial charge in [-0.3, -0.25) is 4.79 Å². The lowest BCUT2D eigenvalue weighted by Crippen LogP contribution is -2.27. The molecular formula is C17H24N4O2. The van der Waals surface area contributed by atoms with E-state index in [1.165, 1.54) is 19.3 Å². The van der Waals surface area contributed by atoms with E-state index < -0.39 is 0 Å². The van der Waals surface area contributed by atoms with Crippen LogP contribution < -0.4 is 5.32 Å². The normalized spacial score (nSPS) is 14.4. The Morgan fingerprint density at radius 2 is 2.00 bits per heavy atom. The molecule has 1 N–H and O–H groups in total. The number of carbonyl (C=O) groups is 1. The molecule has 1 amide bonds. The molecular weight excluding hydrogens is 292 g/mol. The van der Waals surface area contributed by atoms with E-state index in [1.807, 2.05) is 20.8 Å². The predicted octanol–water partition coefficient (Wildman–Crippen LogP) is 2.50. The summed E-state index contributed by atoms with van der Waals surface area (Å²) in [5, 5.41) is 11.6. The lowest BCUT2D eigenvalue weighted by molar-refractivity contribution is 0.0952. The maximum atomic E-state index is 12.4. The first-order chi connectivity index (χ1) is 11.1. The van der Waals surface area contributed by atoms with Crippen LogP contribution in [0.4, 0.5) is 0 Å². The van der Waals surface area contributed by atoms with Crippen LogP contribution in [0.1, 0.15) is 58.4 Å². The first-order valence-electron chi connectivity index (χ1n) is 8.33. The van der Waals surface area contributed by atoms with Crippen molar-refractivity contribution in [2.24, 2.45) is 0 Å². The fourth-order valence-electron chi connectivity index (χ4n) is 3.23. The molecule has 124 valence electrons. The minimum Gasteiger partial charge on any atom is -0.466 e. The van der Waals surface area contributed by atoms with Gasteiger partial charge in [-0.1, -0.05) is 6.42 Å². The first-order valence-corrected chi connectivity index (χ1v) is 8.33. The van der Waals surface area contributed by atoms with Crippen LogP contribution in [0.5, 0.6) is 0 Å². The van der Waals surface area contributed by atoms with E-state index in [4.69, 9.17) is 4.42 Å². The van der Waals surface area contributed by atoms with Crippen molar-refractivity contribution in [3.63, 3.8) is 0 Å². The van der Waals surface area contributed by atoms with Gasteiger partial charge < -0.3 is 14.3 Å². The maximum Gasteiger partial charge on any atom is 0.255 e. The van der Waals surface area contributed by atoms with Crippen LogP contribution in [0, 0.1) is 20.8 Å². The molecule has 1 aliphatic rings. The van der Waals surface area contributed by atoms with Crippen LogP contribution in [-0.2, 0) is 19.4 Å². The van der Waals surface area contributed by atoms with E-state index in [9.17, 15) is 4.79 Å². The number of nitrogens with one attached hydrogen (secondary N) is 1. The van der Waals surface area contributed by atoms with E-state index in [0.717, 1.165) is 35.9 Å². The SMILES string of the molecule is Cc1oc(C)c(C(=O)NCCc2nnc3n2CCCCC3)c1C. The Morgan fingerprint density at radius 1 is 1.17 bits per heavy atom. The van der Waals surface area contributed by atoms with Crippen molar-refractivity contribution in [1.82, 2.24) is 20.1 Å². The highest BCUT2D eigenvalue weighted by Gasteiger charge is 2.19. The highest BCUT2D eigenvalue weighted by Crippen LogP contribution is 2.20. The second-order valence-electron chi connectivity index (χ2n) is 6.22. The maximum absolute atomic E-state index is 12.4. The van der Waals surface area contributed by atoms with E-state index in [-0.39, 0.29) is 5.91 Å². The number of rotatable bonds is 4. The second kappa shape index (κ2) is 6.56. The van der Waals surface area contributed by atoms with Gasteiger partial charge in [-0.2, -0.15) is 0 Å². The minimum absolute atomic E-state index is 0.0764. The van der Waals surface area contributed by atoms with E-state index in [2.05, 4.69) is 20.1 Å². The molecule has 3 rings (SSSR count). The lowest BCUT2D eigenvalue weighted by atomic mass is 10.1. The summed E-state index contributed by atoms with van der Waals surface area (Å²) in [5.41, 5.74) is 1.57. The summed E-state index contributed by atoms with van der Waals surface area (Å²) in [5.74, 6) is 3.46. The Kier molecular flexibility index (Phi) is 4.50. The molecule has 3 heterocycles. The first kappa shape index (κ1) is 15.8. The van der Waals surface area contributed by atoms with Gasteiger partial charge in [0, 0.05) is 31.5 Å². The predicted molar refractivity (Wildman–Crippen MR) is 86.5 cm³/mol. The topological polar surface area (TPSA) is 73.0 Å². The number of hydrogen-bond donors (Lipinski definition) is 1. The van der Waals surface area contributed by atoms with Gasteiger partial charge in [-0.05, 0) is 33.6 Å². The Hall–Kier alpha value is -2.11. The molecule has 6 heteroatoms.